The van der Waals surface area contributed by atoms with Gasteiger partial charge >= 0.3 is 0 Å². The predicted octanol–water partition coefficient (Wildman–Crippen LogP) is 4.99. The summed E-state index contributed by atoms with van der Waals surface area (Å²) in [5.41, 5.74) is 4.05. The highest BCUT2D eigenvalue weighted by Gasteiger charge is 2.19. The van der Waals surface area contributed by atoms with Crippen molar-refractivity contribution in [2.24, 2.45) is 0 Å². The van der Waals surface area contributed by atoms with E-state index in [-0.39, 0.29) is 11.2 Å². The Morgan fingerprint density at radius 1 is 1.23 bits per heavy atom. The molecule has 3 rings (SSSR count). The summed E-state index contributed by atoms with van der Waals surface area (Å²) in [5, 5.41) is 3.37. The van der Waals surface area contributed by atoms with Gasteiger partial charge in [-0.05, 0) is 55.7 Å². The Bertz CT molecular complexity index is 825. The maximum Gasteiger partial charge on any atom is 0.237 e. The van der Waals surface area contributed by atoms with Crippen molar-refractivity contribution < 1.29 is 14.3 Å². The molecule has 0 bridgehead atoms. The molecule has 26 heavy (non-hydrogen) atoms. The van der Waals surface area contributed by atoms with Crippen LogP contribution in [0.2, 0.25) is 5.02 Å². The van der Waals surface area contributed by atoms with Gasteiger partial charge in [-0.25, -0.2) is 0 Å². The second kappa shape index (κ2) is 8.23. The summed E-state index contributed by atoms with van der Waals surface area (Å²) in [6.45, 7) is 6.94. The van der Waals surface area contributed by atoms with E-state index in [2.05, 4.69) is 5.32 Å². The summed E-state index contributed by atoms with van der Waals surface area (Å²) < 4.78 is 11.1. The minimum atomic E-state index is -0.193. The quantitative estimate of drug-likeness (QED) is 0.780. The average Bonchev–Trinajstić information content (AvgIpc) is 2.62. The third kappa shape index (κ3) is 4.46. The Morgan fingerprint density at radius 3 is 2.81 bits per heavy atom. The molecule has 0 aromatic heterocycles. The number of benzene rings is 2. The zero-order valence-electron chi connectivity index (χ0n) is 15.1. The molecule has 6 heteroatoms. The molecular formula is C20H22ClNO3S. The molecule has 0 radical (unpaired) electrons. The maximum absolute atomic E-state index is 12.5. The number of halogens is 1. The lowest BCUT2D eigenvalue weighted by molar-refractivity contribution is -0.115. The van der Waals surface area contributed by atoms with Crippen LogP contribution in [-0.4, -0.2) is 24.4 Å². The van der Waals surface area contributed by atoms with E-state index in [0.717, 1.165) is 22.4 Å². The van der Waals surface area contributed by atoms with Crippen LogP contribution in [-0.2, 0) is 10.5 Å². The second-order valence-corrected chi connectivity index (χ2v) is 8.10. The number of hydrogen-bond acceptors (Lipinski definition) is 4. The summed E-state index contributed by atoms with van der Waals surface area (Å²) in [4.78, 5) is 12.5. The van der Waals surface area contributed by atoms with Crippen molar-refractivity contribution in [2.45, 2.75) is 31.8 Å². The first-order chi connectivity index (χ1) is 12.4. The molecule has 1 unspecified atom stereocenters. The first-order valence-corrected chi connectivity index (χ1v) is 9.94. The zero-order chi connectivity index (χ0) is 18.7. The number of anilines is 1. The molecule has 2 aromatic carbocycles. The number of nitrogens with one attached hydrogen (secondary N) is 1. The number of amides is 1. The number of fused-ring (bicyclic) bond motifs is 1. The molecule has 2 aromatic rings. The van der Waals surface area contributed by atoms with Gasteiger partial charge in [0.2, 0.25) is 5.91 Å². The summed E-state index contributed by atoms with van der Waals surface area (Å²) in [7, 11) is 0. The second-order valence-electron chi connectivity index (χ2n) is 6.36. The molecule has 4 nitrogen and oxygen atoms in total. The van der Waals surface area contributed by atoms with Crippen molar-refractivity contribution >= 4 is 35.0 Å². The maximum atomic E-state index is 12.5. The summed E-state index contributed by atoms with van der Waals surface area (Å²) in [6, 6.07) is 9.85. The monoisotopic (exact) mass is 391 g/mol. The smallest absolute Gasteiger partial charge is 0.237 e. The summed E-state index contributed by atoms with van der Waals surface area (Å²) >= 11 is 7.83. The van der Waals surface area contributed by atoms with E-state index in [1.54, 1.807) is 11.8 Å². The minimum absolute atomic E-state index is 0.00709. The van der Waals surface area contributed by atoms with Crippen LogP contribution in [0.5, 0.6) is 11.5 Å². The number of ether oxygens (including phenoxy) is 2. The Balaban J connectivity index is 1.61. The molecule has 1 atom stereocenters. The fraction of sp³-hybridized carbons (Fsp3) is 0.350. The molecule has 0 spiro atoms. The van der Waals surface area contributed by atoms with Crippen LogP contribution in [0, 0.1) is 13.8 Å². The molecule has 0 aliphatic carbocycles. The van der Waals surface area contributed by atoms with E-state index in [1.807, 2.05) is 51.1 Å². The molecule has 1 heterocycles. The average molecular weight is 392 g/mol. The van der Waals surface area contributed by atoms with Crippen molar-refractivity contribution in [3.8, 4) is 11.5 Å². The zero-order valence-corrected chi connectivity index (χ0v) is 16.7. The third-order valence-electron chi connectivity index (χ3n) is 4.18. The van der Waals surface area contributed by atoms with E-state index in [9.17, 15) is 4.79 Å². The van der Waals surface area contributed by atoms with Crippen molar-refractivity contribution in [3.05, 3.63) is 52.0 Å². The number of carbonyl (C=O) groups is 1. The molecule has 0 saturated heterocycles. The van der Waals surface area contributed by atoms with Gasteiger partial charge < -0.3 is 14.8 Å². The van der Waals surface area contributed by atoms with Crippen LogP contribution in [0.15, 0.2) is 30.3 Å². The first-order valence-electron chi connectivity index (χ1n) is 8.52. The van der Waals surface area contributed by atoms with Gasteiger partial charge in [-0.3, -0.25) is 4.79 Å². The fourth-order valence-electron chi connectivity index (χ4n) is 2.65. The van der Waals surface area contributed by atoms with Gasteiger partial charge in [0.25, 0.3) is 0 Å². The number of aryl methyl sites for hydroxylation is 2. The van der Waals surface area contributed by atoms with Crippen molar-refractivity contribution in [2.75, 3.05) is 18.5 Å². The van der Waals surface area contributed by atoms with Gasteiger partial charge in [-0.15, -0.1) is 11.8 Å². The summed E-state index contributed by atoms with van der Waals surface area (Å²) in [5.74, 6) is 1.93. The highest BCUT2D eigenvalue weighted by atomic mass is 35.5. The molecule has 0 saturated carbocycles. The highest BCUT2D eigenvalue weighted by Crippen LogP contribution is 2.39. The SMILES string of the molecule is Cc1ccc(C)c(NC(=O)C(C)SCc2cc(Cl)c3c(c2)OCCO3)c1. The van der Waals surface area contributed by atoms with Gasteiger partial charge in [0.05, 0.1) is 10.3 Å². The third-order valence-corrected chi connectivity index (χ3v) is 5.67. The largest absolute Gasteiger partial charge is 0.486 e. The molecule has 1 N–H and O–H groups in total. The number of rotatable bonds is 5. The van der Waals surface area contributed by atoms with Crippen LogP contribution in [0.4, 0.5) is 5.69 Å². The molecule has 1 amide bonds. The molecular weight excluding hydrogens is 370 g/mol. The van der Waals surface area contributed by atoms with Crippen LogP contribution < -0.4 is 14.8 Å². The van der Waals surface area contributed by atoms with Gasteiger partial charge in [-0.2, -0.15) is 0 Å². The van der Waals surface area contributed by atoms with Crippen molar-refractivity contribution in [3.63, 3.8) is 0 Å². The highest BCUT2D eigenvalue weighted by molar-refractivity contribution is 7.99. The van der Waals surface area contributed by atoms with E-state index < -0.39 is 0 Å². The Labute approximate surface area is 163 Å². The molecule has 1 aliphatic rings. The predicted molar refractivity (Wildman–Crippen MR) is 108 cm³/mol. The van der Waals surface area contributed by atoms with Gasteiger partial charge in [0.1, 0.15) is 13.2 Å². The Hall–Kier alpha value is -1.85. The van der Waals surface area contributed by atoms with Gasteiger partial charge in [0, 0.05) is 11.4 Å². The van der Waals surface area contributed by atoms with E-state index in [0.29, 0.717) is 35.5 Å². The standard InChI is InChI=1S/C20H22ClNO3S/c1-12-4-5-13(2)17(8-12)22-20(23)14(3)26-11-15-9-16(21)19-18(10-15)24-6-7-25-19/h4-5,8-10,14H,6-7,11H2,1-3H3,(H,22,23). The van der Waals surface area contributed by atoms with Gasteiger partial charge in [0.15, 0.2) is 11.5 Å². The fourth-order valence-corrected chi connectivity index (χ4v) is 3.76. The Kier molecular flexibility index (Phi) is 5.99. The molecule has 138 valence electrons. The number of thioether (sulfide) groups is 1. The lowest BCUT2D eigenvalue weighted by atomic mass is 10.1. The van der Waals surface area contributed by atoms with Gasteiger partial charge in [-0.1, -0.05) is 23.7 Å². The summed E-state index contributed by atoms with van der Waals surface area (Å²) in [6.07, 6.45) is 0. The van der Waals surface area contributed by atoms with Crippen molar-refractivity contribution in [1.29, 1.82) is 0 Å². The van der Waals surface area contributed by atoms with E-state index in [4.69, 9.17) is 21.1 Å². The van der Waals surface area contributed by atoms with E-state index >= 15 is 0 Å². The van der Waals surface area contributed by atoms with Crippen LogP contribution in [0.25, 0.3) is 0 Å². The van der Waals surface area contributed by atoms with Crippen LogP contribution in [0.3, 0.4) is 0 Å². The topological polar surface area (TPSA) is 47.6 Å². The Morgan fingerprint density at radius 2 is 2.00 bits per heavy atom. The van der Waals surface area contributed by atoms with E-state index in [1.165, 1.54) is 0 Å². The van der Waals surface area contributed by atoms with Crippen LogP contribution in [0.1, 0.15) is 23.6 Å². The molecule has 0 fully saturated rings. The van der Waals surface area contributed by atoms with Crippen LogP contribution >= 0.6 is 23.4 Å². The first kappa shape index (κ1) is 18.9. The molecule has 1 aliphatic heterocycles. The lowest BCUT2D eigenvalue weighted by Crippen LogP contribution is -2.23. The minimum Gasteiger partial charge on any atom is -0.486 e. The number of carbonyl (C=O) groups excluding carboxylic acids is 1. The van der Waals surface area contributed by atoms with Crippen molar-refractivity contribution in [1.82, 2.24) is 0 Å². The lowest BCUT2D eigenvalue weighted by Gasteiger charge is -2.20. The number of hydrogen-bond donors (Lipinski definition) is 1. The normalized spacial score (nSPS) is 14.0.